The normalized spacial score (nSPS) is 18.1. The zero-order valence-corrected chi connectivity index (χ0v) is 18.9. The van der Waals surface area contributed by atoms with Gasteiger partial charge in [-0.2, -0.15) is 0 Å². The summed E-state index contributed by atoms with van der Waals surface area (Å²) in [6.45, 7) is -0.605. The maximum Gasteiger partial charge on any atom is 0.407 e. The molecule has 1 aliphatic carbocycles. The van der Waals surface area contributed by atoms with Crippen molar-refractivity contribution in [2.24, 2.45) is 0 Å². The van der Waals surface area contributed by atoms with Gasteiger partial charge in [0.25, 0.3) is 5.92 Å². The van der Waals surface area contributed by atoms with Gasteiger partial charge in [0, 0.05) is 18.9 Å². The molecule has 4 rings (SSSR count). The number of rotatable bonds is 9. The molecule has 1 fully saturated rings. The number of carbonyl (C=O) groups is 3. The summed E-state index contributed by atoms with van der Waals surface area (Å²) in [6, 6.07) is 14.5. The number of carbonyl (C=O) groups excluding carboxylic acids is 2. The number of alkyl halides is 2. The first-order valence-corrected chi connectivity index (χ1v) is 11.3. The second kappa shape index (κ2) is 10.4. The van der Waals surface area contributed by atoms with Crippen LogP contribution in [0.5, 0.6) is 0 Å². The van der Waals surface area contributed by atoms with Gasteiger partial charge in [-0.3, -0.25) is 4.79 Å². The summed E-state index contributed by atoms with van der Waals surface area (Å²) < 4.78 is 37.7. The van der Waals surface area contributed by atoms with E-state index in [2.05, 4.69) is 5.32 Å². The van der Waals surface area contributed by atoms with E-state index in [0.717, 1.165) is 22.3 Å². The minimum Gasteiger partial charge on any atom is -0.480 e. The lowest BCUT2D eigenvalue weighted by Crippen LogP contribution is -2.41. The van der Waals surface area contributed by atoms with Crippen molar-refractivity contribution in [1.29, 1.82) is 0 Å². The Hall–Kier alpha value is -3.53. The molecule has 0 saturated carbocycles. The number of alkyl carbamates (subject to hydrolysis) is 1. The number of ether oxygens (including phenoxy) is 2. The van der Waals surface area contributed by atoms with Crippen LogP contribution in [0, 0.1) is 0 Å². The third kappa shape index (κ3) is 5.59. The van der Waals surface area contributed by atoms with E-state index in [-0.39, 0.29) is 38.7 Å². The van der Waals surface area contributed by atoms with E-state index in [1.54, 1.807) is 0 Å². The highest BCUT2D eigenvalue weighted by Gasteiger charge is 2.49. The van der Waals surface area contributed by atoms with Crippen LogP contribution in [-0.2, 0) is 19.1 Å². The van der Waals surface area contributed by atoms with Crippen LogP contribution in [0.2, 0.25) is 0 Å². The first-order valence-electron chi connectivity index (χ1n) is 11.3. The van der Waals surface area contributed by atoms with Gasteiger partial charge in [0.2, 0.25) is 5.91 Å². The highest BCUT2D eigenvalue weighted by atomic mass is 19.3. The number of hydrogen-bond acceptors (Lipinski definition) is 5. The highest BCUT2D eigenvalue weighted by molar-refractivity contribution is 5.84. The zero-order chi connectivity index (χ0) is 25.0. The average Bonchev–Trinajstić information content (AvgIpc) is 3.34. The van der Waals surface area contributed by atoms with Crippen molar-refractivity contribution in [3.05, 3.63) is 59.7 Å². The van der Waals surface area contributed by atoms with Crippen molar-refractivity contribution in [2.45, 2.75) is 30.7 Å². The topological polar surface area (TPSA) is 105 Å². The summed E-state index contributed by atoms with van der Waals surface area (Å²) in [5.74, 6) is -5.43. The van der Waals surface area contributed by atoms with Crippen molar-refractivity contribution in [1.82, 2.24) is 10.2 Å². The Bertz CT molecular complexity index is 1060. The smallest absolute Gasteiger partial charge is 0.407 e. The number of likely N-dealkylation sites (tertiary alicyclic amines) is 1. The van der Waals surface area contributed by atoms with Crippen molar-refractivity contribution in [3.8, 4) is 11.1 Å². The lowest BCUT2D eigenvalue weighted by atomic mass is 9.98. The molecule has 0 bridgehead atoms. The number of benzene rings is 2. The Kier molecular flexibility index (Phi) is 7.30. The monoisotopic (exact) mass is 488 g/mol. The Morgan fingerprint density at radius 3 is 2.29 bits per heavy atom. The summed E-state index contributed by atoms with van der Waals surface area (Å²) in [5, 5.41) is 11.6. The summed E-state index contributed by atoms with van der Waals surface area (Å²) in [4.78, 5) is 36.1. The Labute approximate surface area is 200 Å². The van der Waals surface area contributed by atoms with E-state index in [1.165, 1.54) is 0 Å². The second-order valence-electron chi connectivity index (χ2n) is 8.55. The minimum atomic E-state index is -3.22. The Morgan fingerprint density at radius 1 is 1.03 bits per heavy atom. The van der Waals surface area contributed by atoms with Crippen LogP contribution in [0.3, 0.4) is 0 Å². The average molecular weight is 488 g/mol. The molecule has 186 valence electrons. The number of carboxylic acid groups (broad SMARTS) is 1. The number of amides is 2. The summed E-state index contributed by atoms with van der Waals surface area (Å²) >= 11 is 0. The number of nitrogens with zero attached hydrogens (tertiary/aromatic N) is 1. The first kappa shape index (κ1) is 24.6. The van der Waals surface area contributed by atoms with Crippen LogP contribution in [-0.4, -0.2) is 72.9 Å². The van der Waals surface area contributed by atoms with Crippen LogP contribution in [0.15, 0.2) is 48.5 Å². The van der Waals surface area contributed by atoms with Crippen LogP contribution in [0.25, 0.3) is 11.1 Å². The molecule has 0 unspecified atom stereocenters. The molecule has 1 atom stereocenters. The molecule has 1 saturated heterocycles. The largest absolute Gasteiger partial charge is 0.480 e. The molecule has 0 spiro atoms. The SMILES string of the molecule is O=C(NCCOCCC(=O)N1CC(F)(F)C[C@@H]1C(=O)O)OCC1c2ccccc2-c2ccccc21. The fraction of sp³-hybridized carbons (Fsp3) is 0.400. The quantitative estimate of drug-likeness (QED) is 0.525. The van der Waals surface area contributed by atoms with E-state index >= 15 is 0 Å². The molecule has 0 aromatic heterocycles. The third-order valence-electron chi connectivity index (χ3n) is 6.19. The second-order valence-corrected chi connectivity index (χ2v) is 8.55. The van der Waals surface area contributed by atoms with Gasteiger partial charge in [-0.15, -0.1) is 0 Å². The zero-order valence-electron chi connectivity index (χ0n) is 18.9. The predicted molar refractivity (Wildman–Crippen MR) is 121 cm³/mol. The number of halogens is 2. The molecular formula is C25H26F2N2O6. The molecule has 2 amide bonds. The van der Waals surface area contributed by atoms with Crippen LogP contribution in [0.1, 0.15) is 29.9 Å². The summed E-state index contributed by atoms with van der Waals surface area (Å²) in [7, 11) is 0. The minimum absolute atomic E-state index is 0.0528. The van der Waals surface area contributed by atoms with Gasteiger partial charge in [0.1, 0.15) is 12.6 Å². The van der Waals surface area contributed by atoms with Crippen molar-refractivity contribution in [2.75, 3.05) is 32.9 Å². The number of carboxylic acids is 1. The number of nitrogens with one attached hydrogen (secondary N) is 1. The molecule has 8 nitrogen and oxygen atoms in total. The van der Waals surface area contributed by atoms with Gasteiger partial charge in [0.15, 0.2) is 0 Å². The van der Waals surface area contributed by atoms with Crippen LogP contribution >= 0.6 is 0 Å². The predicted octanol–water partition coefficient (Wildman–Crippen LogP) is 3.25. The maximum atomic E-state index is 13.5. The molecule has 2 aliphatic rings. The van der Waals surface area contributed by atoms with Gasteiger partial charge in [-0.25, -0.2) is 18.4 Å². The fourth-order valence-electron chi connectivity index (χ4n) is 4.58. The first-order chi connectivity index (χ1) is 16.8. The molecule has 0 radical (unpaired) electrons. The maximum absolute atomic E-state index is 13.5. The van der Waals surface area contributed by atoms with Crippen molar-refractivity contribution >= 4 is 18.0 Å². The molecule has 1 aliphatic heterocycles. The van der Waals surface area contributed by atoms with Gasteiger partial charge in [-0.1, -0.05) is 48.5 Å². The lowest BCUT2D eigenvalue weighted by molar-refractivity contribution is -0.148. The summed E-state index contributed by atoms with van der Waals surface area (Å²) in [6.07, 6.45) is -1.72. The standard InChI is InChI=1S/C25H26F2N2O6/c26-25(27)13-21(23(31)32)29(15-25)22(30)9-11-34-12-10-28-24(33)35-14-20-18-7-3-1-5-16(18)17-6-2-4-8-19(17)20/h1-8,20-21H,9-15H2,(H,28,33)(H,31,32)/t21-/m1/s1. The number of hydrogen-bond donors (Lipinski definition) is 2. The van der Waals surface area contributed by atoms with Crippen LogP contribution < -0.4 is 5.32 Å². The van der Waals surface area contributed by atoms with E-state index < -0.39 is 42.9 Å². The molecule has 10 heteroatoms. The van der Waals surface area contributed by atoms with Gasteiger partial charge >= 0.3 is 12.1 Å². The number of aliphatic carboxylic acids is 1. The van der Waals surface area contributed by atoms with Gasteiger partial charge in [-0.05, 0) is 22.3 Å². The van der Waals surface area contributed by atoms with Gasteiger partial charge in [0.05, 0.1) is 26.2 Å². The molecule has 2 aromatic carbocycles. The summed E-state index contributed by atoms with van der Waals surface area (Å²) in [5.41, 5.74) is 4.48. The third-order valence-corrected chi connectivity index (χ3v) is 6.19. The van der Waals surface area contributed by atoms with Gasteiger partial charge < -0.3 is 24.8 Å². The molecule has 2 aromatic rings. The molecule has 35 heavy (non-hydrogen) atoms. The lowest BCUT2D eigenvalue weighted by Gasteiger charge is -2.20. The molecular weight excluding hydrogens is 462 g/mol. The van der Waals surface area contributed by atoms with Crippen LogP contribution in [0.4, 0.5) is 13.6 Å². The van der Waals surface area contributed by atoms with Crippen molar-refractivity contribution in [3.63, 3.8) is 0 Å². The van der Waals surface area contributed by atoms with E-state index in [4.69, 9.17) is 14.6 Å². The van der Waals surface area contributed by atoms with Crippen molar-refractivity contribution < 1.29 is 37.7 Å². The Morgan fingerprint density at radius 2 is 1.66 bits per heavy atom. The van der Waals surface area contributed by atoms with E-state index in [9.17, 15) is 23.2 Å². The van der Waals surface area contributed by atoms with E-state index in [1.807, 2.05) is 48.5 Å². The van der Waals surface area contributed by atoms with E-state index in [0.29, 0.717) is 4.90 Å². The number of fused-ring (bicyclic) bond motifs is 3. The highest BCUT2D eigenvalue weighted by Crippen LogP contribution is 2.44. The Balaban J connectivity index is 1.16. The molecule has 1 heterocycles. The molecule has 2 N–H and O–H groups in total. The fourth-order valence-corrected chi connectivity index (χ4v) is 4.58.